The molecular formula is C4H8N4. The van der Waals surface area contributed by atoms with Crippen molar-refractivity contribution in [3.8, 4) is 0 Å². The Labute approximate surface area is 47.7 Å². The van der Waals surface area contributed by atoms with Crippen LogP contribution in [0.5, 0.6) is 0 Å². The lowest BCUT2D eigenvalue weighted by Crippen LogP contribution is -2.38. The van der Waals surface area contributed by atoms with Crippen molar-refractivity contribution in [1.29, 1.82) is 0 Å². The summed E-state index contributed by atoms with van der Waals surface area (Å²) in [6, 6.07) is 0. The summed E-state index contributed by atoms with van der Waals surface area (Å²) in [5, 5.41) is 8.88. The zero-order chi connectivity index (χ0) is 5.98. The second kappa shape index (κ2) is 1.92. The molecule has 1 heterocycles. The summed E-state index contributed by atoms with van der Waals surface area (Å²) in [5.41, 5.74) is 0. The summed E-state index contributed by atoms with van der Waals surface area (Å²) in [6.45, 7) is 2.48. The Balaban J connectivity index is 2.66. The van der Waals surface area contributed by atoms with E-state index in [4.69, 9.17) is 5.84 Å². The van der Waals surface area contributed by atoms with Gasteiger partial charge in [0.05, 0.1) is 6.54 Å². The lowest BCUT2D eigenvalue weighted by molar-refractivity contribution is 0.494. The number of amidine groups is 1. The molecular weight excluding hydrogens is 104 g/mol. The van der Waals surface area contributed by atoms with Crippen molar-refractivity contribution in [3.05, 3.63) is 0 Å². The van der Waals surface area contributed by atoms with Crippen LogP contribution in [0.3, 0.4) is 0 Å². The number of nitrogens with zero attached hydrogens (tertiary/aromatic N) is 3. The fourth-order valence-corrected chi connectivity index (χ4v) is 0.438. The summed E-state index contributed by atoms with van der Waals surface area (Å²) >= 11 is 0. The molecule has 0 radical (unpaired) electrons. The topological polar surface area (TPSA) is 54.0 Å². The number of nitrogens with two attached hydrogens (primary N) is 1. The van der Waals surface area contributed by atoms with Crippen molar-refractivity contribution >= 4 is 12.1 Å². The van der Waals surface area contributed by atoms with E-state index in [0.717, 1.165) is 5.84 Å². The average Bonchev–Trinajstić information content (AvgIpc) is 1.77. The molecule has 0 amide bonds. The second-order valence-electron chi connectivity index (χ2n) is 1.60. The molecule has 2 N–H and O–H groups in total. The molecule has 4 nitrogen and oxygen atoms in total. The maximum absolute atomic E-state index is 5.39. The van der Waals surface area contributed by atoms with Crippen LogP contribution in [-0.2, 0) is 0 Å². The Bertz CT molecular complexity index is 137. The first-order valence-corrected chi connectivity index (χ1v) is 2.39. The van der Waals surface area contributed by atoms with E-state index < -0.39 is 0 Å². The van der Waals surface area contributed by atoms with Gasteiger partial charge in [-0.1, -0.05) is 0 Å². The highest BCUT2D eigenvalue weighted by Crippen LogP contribution is 1.87. The average molecular weight is 112 g/mol. The molecule has 0 atom stereocenters. The highest BCUT2D eigenvalue weighted by Gasteiger charge is 2.00. The van der Waals surface area contributed by atoms with Gasteiger partial charge in [-0.25, -0.2) is 5.84 Å². The minimum atomic E-state index is 0.662. The van der Waals surface area contributed by atoms with Gasteiger partial charge in [-0.05, 0) is 6.92 Å². The van der Waals surface area contributed by atoms with Crippen molar-refractivity contribution < 1.29 is 0 Å². The molecule has 8 heavy (non-hydrogen) atoms. The fourth-order valence-electron chi connectivity index (χ4n) is 0.438. The van der Waals surface area contributed by atoms with Gasteiger partial charge in [0.25, 0.3) is 0 Å². The van der Waals surface area contributed by atoms with E-state index in [1.165, 1.54) is 5.01 Å². The van der Waals surface area contributed by atoms with E-state index in [0.29, 0.717) is 6.54 Å². The van der Waals surface area contributed by atoms with E-state index in [-0.39, 0.29) is 0 Å². The van der Waals surface area contributed by atoms with Gasteiger partial charge in [-0.3, -0.25) is 5.01 Å². The van der Waals surface area contributed by atoms with Crippen molar-refractivity contribution in [1.82, 2.24) is 5.01 Å². The van der Waals surface area contributed by atoms with Gasteiger partial charge in [0.1, 0.15) is 5.84 Å². The smallest absolute Gasteiger partial charge is 0.138 e. The largest absolute Gasteiger partial charge is 0.292 e. The molecule has 0 saturated carbocycles. The molecule has 0 unspecified atom stereocenters. The van der Waals surface area contributed by atoms with Crippen molar-refractivity contribution in [2.75, 3.05) is 6.54 Å². The van der Waals surface area contributed by atoms with Crippen LogP contribution in [0.1, 0.15) is 6.92 Å². The third kappa shape index (κ3) is 0.840. The predicted molar refractivity (Wildman–Crippen MR) is 32.5 cm³/mol. The molecule has 0 fully saturated rings. The maximum Gasteiger partial charge on any atom is 0.138 e. The molecule has 44 valence electrons. The molecule has 0 saturated heterocycles. The number of hydrogen-bond donors (Lipinski definition) is 1. The summed E-state index contributed by atoms with van der Waals surface area (Å²) in [4.78, 5) is 0. The highest BCUT2D eigenvalue weighted by molar-refractivity contribution is 5.83. The van der Waals surface area contributed by atoms with Crippen LogP contribution in [0, 0.1) is 0 Å². The SMILES string of the molecule is CC1=NN=CCN1N. The normalized spacial score (nSPS) is 18.8. The van der Waals surface area contributed by atoms with Crippen molar-refractivity contribution in [3.63, 3.8) is 0 Å². The molecule has 0 aromatic carbocycles. The molecule has 1 aliphatic rings. The summed E-state index contributed by atoms with van der Waals surface area (Å²) in [5.74, 6) is 6.15. The summed E-state index contributed by atoms with van der Waals surface area (Å²) < 4.78 is 0. The van der Waals surface area contributed by atoms with E-state index in [9.17, 15) is 0 Å². The van der Waals surface area contributed by atoms with Gasteiger partial charge in [-0.2, -0.15) is 5.10 Å². The van der Waals surface area contributed by atoms with E-state index >= 15 is 0 Å². The minimum Gasteiger partial charge on any atom is -0.292 e. The van der Waals surface area contributed by atoms with Crippen molar-refractivity contribution in [2.45, 2.75) is 6.92 Å². The van der Waals surface area contributed by atoms with Crippen LogP contribution in [0.4, 0.5) is 0 Å². The monoisotopic (exact) mass is 112 g/mol. The molecule has 0 aliphatic carbocycles. The molecule has 0 aromatic heterocycles. The number of hydrazine groups is 1. The predicted octanol–water partition coefficient (Wildman–Crippen LogP) is -0.420. The first-order valence-electron chi connectivity index (χ1n) is 2.39. The maximum atomic E-state index is 5.39. The molecule has 1 aliphatic heterocycles. The van der Waals surface area contributed by atoms with Crippen molar-refractivity contribution in [2.24, 2.45) is 16.0 Å². The van der Waals surface area contributed by atoms with Gasteiger partial charge < -0.3 is 0 Å². The van der Waals surface area contributed by atoms with E-state index in [1.54, 1.807) is 6.21 Å². The molecule has 0 spiro atoms. The van der Waals surface area contributed by atoms with Gasteiger partial charge in [0, 0.05) is 6.21 Å². The minimum absolute atomic E-state index is 0.662. The van der Waals surface area contributed by atoms with Crippen LogP contribution in [0.15, 0.2) is 10.2 Å². The van der Waals surface area contributed by atoms with E-state index in [1.807, 2.05) is 6.92 Å². The van der Waals surface area contributed by atoms with Gasteiger partial charge in [-0.15, -0.1) is 5.10 Å². The zero-order valence-corrected chi connectivity index (χ0v) is 4.70. The summed E-state index contributed by atoms with van der Waals surface area (Å²) in [6.07, 6.45) is 1.66. The molecule has 1 rings (SSSR count). The first-order chi connectivity index (χ1) is 3.80. The standard InChI is InChI=1S/C4H8N4/c1-4-7-6-2-3-8(4)5/h2H,3,5H2,1H3. The fraction of sp³-hybridized carbons (Fsp3) is 0.500. The second-order valence-corrected chi connectivity index (χ2v) is 1.60. The quantitative estimate of drug-likeness (QED) is 0.433. The Morgan fingerprint density at radius 2 is 2.62 bits per heavy atom. The van der Waals surface area contributed by atoms with Crippen LogP contribution in [-0.4, -0.2) is 23.6 Å². The van der Waals surface area contributed by atoms with Crippen LogP contribution >= 0.6 is 0 Å². The van der Waals surface area contributed by atoms with Crippen LogP contribution < -0.4 is 5.84 Å². The van der Waals surface area contributed by atoms with Gasteiger partial charge in [0.15, 0.2) is 0 Å². The van der Waals surface area contributed by atoms with Gasteiger partial charge >= 0.3 is 0 Å². The number of hydrogen-bond acceptors (Lipinski definition) is 4. The Kier molecular flexibility index (Phi) is 1.26. The van der Waals surface area contributed by atoms with Crippen LogP contribution in [0.25, 0.3) is 0 Å². The molecule has 0 bridgehead atoms. The van der Waals surface area contributed by atoms with Gasteiger partial charge in [0.2, 0.25) is 0 Å². The lowest BCUT2D eigenvalue weighted by Gasteiger charge is -2.15. The highest BCUT2D eigenvalue weighted by atomic mass is 15.5. The number of rotatable bonds is 0. The molecule has 4 heteroatoms. The third-order valence-electron chi connectivity index (χ3n) is 0.978. The van der Waals surface area contributed by atoms with Crippen LogP contribution in [0.2, 0.25) is 0 Å². The molecule has 0 aromatic rings. The Morgan fingerprint density at radius 3 is 3.00 bits per heavy atom. The lowest BCUT2D eigenvalue weighted by atomic mass is 10.5. The zero-order valence-electron chi connectivity index (χ0n) is 4.70. The Morgan fingerprint density at radius 1 is 1.88 bits per heavy atom. The Hall–Kier alpha value is -0.900. The summed E-state index contributed by atoms with van der Waals surface area (Å²) in [7, 11) is 0. The van der Waals surface area contributed by atoms with E-state index in [2.05, 4.69) is 10.2 Å². The third-order valence-corrected chi connectivity index (χ3v) is 0.978. The first kappa shape index (κ1) is 5.24.